The molecule has 0 saturated carbocycles. The summed E-state index contributed by atoms with van der Waals surface area (Å²) < 4.78 is 0. The Balaban J connectivity index is 2.52. The van der Waals surface area contributed by atoms with Gasteiger partial charge in [0.25, 0.3) is 0 Å². The lowest BCUT2D eigenvalue weighted by molar-refractivity contribution is -0.129. The Morgan fingerprint density at radius 2 is 1.83 bits per heavy atom. The molecule has 1 amide bonds. The molecule has 1 aliphatic heterocycles. The fourth-order valence-electron chi connectivity index (χ4n) is 1.56. The van der Waals surface area contributed by atoms with Crippen molar-refractivity contribution in [3.63, 3.8) is 0 Å². The number of carbonyl (C=O) groups is 1. The molecule has 0 aliphatic carbocycles. The van der Waals surface area contributed by atoms with Gasteiger partial charge >= 0.3 is 0 Å². The van der Waals surface area contributed by atoms with Crippen LogP contribution in [0.3, 0.4) is 0 Å². The Morgan fingerprint density at radius 1 is 1.42 bits per heavy atom. The highest BCUT2D eigenvalue weighted by Gasteiger charge is 2.30. The molecule has 0 radical (unpaired) electrons. The highest BCUT2D eigenvalue weighted by atomic mass is 35.5. The first kappa shape index (κ1) is 9.85. The molecule has 1 saturated heterocycles. The minimum Gasteiger partial charge on any atom is -0.341 e. The number of likely N-dealkylation sites (tertiary alicyclic amines) is 1. The highest BCUT2D eigenvalue weighted by molar-refractivity contribution is 6.30. The Labute approximate surface area is 78.9 Å². The summed E-state index contributed by atoms with van der Waals surface area (Å²) in [7, 11) is 0. The van der Waals surface area contributed by atoms with Crippen molar-refractivity contribution in [3.05, 3.63) is 0 Å². The lowest BCUT2D eigenvalue weighted by Crippen LogP contribution is -2.33. The van der Waals surface area contributed by atoms with Crippen LogP contribution in [0, 0.1) is 11.8 Å². The summed E-state index contributed by atoms with van der Waals surface area (Å²) in [5, 5.41) is -0.373. The average molecular weight is 190 g/mol. The second-order valence-electron chi connectivity index (χ2n) is 3.81. The zero-order valence-corrected chi connectivity index (χ0v) is 8.64. The van der Waals surface area contributed by atoms with E-state index in [1.54, 1.807) is 6.92 Å². The van der Waals surface area contributed by atoms with Crippen LogP contribution in [0.5, 0.6) is 0 Å². The SMILES string of the molecule is CC(Cl)C(=O)N1CC(C)C(C)C1. The molecule has 1 rings (SSSR count). The van der Waals surface area contributed by atoms with Crippen molar-refractivity contribution in [1.29, 1.82) is 0 Å². The van der Waals surface area contributed by atoms with E-state index in [1.165, 1.54) is 0 Å². The van der Waals surface area contributed by atoms with Crippen molar-refractivity contribution in [1.82, 2.24) is 4.90 Å². The molecule has 0 N–H and O–H groups in total. The van der Waals surface area contributed by atoms with Crippen LogP contribution in [0.15, 0.2) is 0 Å². The molecular formula is C9H16ClNO. The molecule has 70 valence electrons. The van der Waals surface area contributed by atoms with Crippen LogP contribution >= 0.6 is 11.6 Å². The van der Waals surface area contributed by atoms with E-state index in [4.69, 9.17) is 11.6 Å². The van der Waals surface area contributed by atoms with Gasteiger partial charge in [-0.15, -0.1) is 11.6 Å². The highest BCUT2D eigenvalue weighted by Crippen LogP contribution is 2.23. The van der Waals surface area contributed by atoms with Gasteiger partial charge in [-0.2, -0.15) is 0 Å². The number of rotatable bonds is 1. The normalized spacial score (nSPS) is 32.2. The number of hydrogen-bond donors (Lipinski definition) is 0. The van der Waals surface area contributed by atoms with Crippen LogP contribution in [-0.2, 0) is 4.79 Å². The van der Waals surface area contributed by atoms with E-state index in [-0.39, 0.29) is 11.3 Å². The second-order valence-corrected chi connectivity index (χ2v) is 4.47. The monoisotopic (exact) mass is 189 g/mol. The molecule has 1 aliphatic rings. The fraction of sp³-hybridized carbons (Fsp3) is 0.889. The molecule has 0 bridgehead atoms. The molecular weight excluding hydrogens is 174 g/mol. The van der Waals surface area contributed by atoms with Gasteiger partial charge in [-0.25, -0.2) is 0 Å². The zero-order valence-electron chi connectivity index (χ0n) is 7.88. The van der Waals surface area contributed by atoms with E-state index >= 15 is 0 Å². The summed E-state index contributed by atoms with van der Waals surface area (Å²) in [6.07, 6.45) is 0. The summed E-state index contributed by atoms with van der Waals surface area (Å²) in [5.74, 6) is 1.31. The predicted molar refractivity (Wildman–Crippen MR) is 50.2 cm³/mol. The lowest BCUT2D eigenvalue weighted by Gasteiger charge is -2.16. The predicted octanol–water partition coefficient (Wildman–Crippen LogP) is 1.73. The van der Waals surface area contributed by atoms with Crippen molar-refractivity contribution < 1.29 is 4.79 Å². The summed E-state index contributed by atoms with van der Waals surface area (Å²) in [4.78, 5) is 13.3. The molecule has 0 aromatic rings. The minimum atomic E-state index is -0.373. The van der Waals surface area contributed by atoms with Gasteiger partial charge in [0.15, 0.2) is 0 Å². The Kier molecular flexibility index (Phi) is 2.99. The second kappa shape index (κ2) is 3.65. The van der Waals surface area contributed by atoms with Crippen LogP contribution in [-0.4, -0.2) is 29.3 Å². The molecule has 3 atom stereocenters. The quantitative estimate of drug-likeness (QED) is 0.576. The lowest BCUT2D eigenvalue weighted by atomic mass is 10.0. The number of amides is 1. The Bertz CT molecular complexity index is 171. The summed E-state index contributed by atoms with van der Waals surface area (Å²) >= 11 is 5.71. The van der Waals surface area contributed by atoms with E-state index in [1.807, 2.05) is 4.90 Å². The first-order valence-electron chi connectivity index (χ1n) is 4.45. The van der Waals surface area contributed by atoms with Crippen LogP contribution in [0.2, 0.25) is 0 Å². The molecule has 12 heavy (non-hydrogen) atoms. The van der Waals surface area contributed by atoms with Gasteiger partial charge in [-0.05, 0) is 18.8 Å². The third-order valence-electron chi connectivity index (χ3n) is 2.64. The molecule has 1 fully saturated rings. The van der Waals surface area contributed by atoms with Gasteiger partial charge in [0, 0.05) is 13.1 Å². The van der Waals surface area contributed by atoms with Crippen molar-refractivity contribution in [2.24, 2.45) is 11.8 Å². The number of alkyl halides is 1. The van der Waals surface area contributed by atoms with E-state index < -0.39 is 0 Å². The van der Waals surface area contributed by atoms with Crippen molar-refractivity contribution in [3.8, 4) is 0 Å². The fourth-order valence-corrected chi connectivity index (χ4v) is 1.70. The molecule has 1 heterocycles. The molecule has 3 heteroatoms. The van der Waals surface area contributed by atoms with Gasteiger partial charge < -0.3 is 4.90 Å². The van der Waals surface area contributed by atoms with Crippen molar-refractivity contribution in [2.75, 3.05) is 13.1 Å². The van der Waals surface area contributed by atoms with Crippen LogP contribution in [0.25, 0.3) is 0 Å². The minimum absolute atomic E-state index is 0.0767. The van der Waals surface area contributed by atoms with Gasteiger partial charge in [-0.3, -0.25) is 4.79 Å². The Morgan fingerprint density at radius 3 is 2.17 bits per heavy atom. The van der Waals surface area contributed by atoms with Gasteiger partial charge in [0.1, 0.15) is 5.38 Å². The van der Waals surface area contributed by atoms with Crippen LogP contribution < -0.4 is 0 Å². The topological polar surface area (TPSA) is 20.3 Å². The van der Waals surface area contributed by atoms with Crippen LogP contribution in [0.4, 0.5) is 0 Å². The largest absolute Gasteiger partial charge is 0.341 e. The molecule has 0 spiro atoms. The maximum atomic E-state index is 11.4. The van der Waals surface area contributed by atoms with Crippen molar-refractivity contribution >= 4 is 17.5 Å². The maximum absolute atomic E-state index is 11.4. The standard InChI is InChI=1S/C9H16ClNO/c1-6-4-11(5-7(6)2)9(12)8(3)10/h6-8H,4-5H2,1-3H3. The van der Waals surface area contributed by atoms with Gasteiger partial charge in [-0.1, -0.05) is 13.8 Å². The van der Waals surface area contributed by atoms with E-state index in [2.05, 4.69) is 13.8 Å². The first-order chi connectivity index (χ1) is 5.52. The molecule has 2 nitrogen and oxygen atoms in total. The summed E-state index contributed by atoms with van der Waals surface area (Å²) in [6, 6.07) is 0. The van der Waals surface area contributed by atoms with E-state index in [0.717, 1.165) is 13.1 Å². The number of nitrogens with zero attached hydrogens (tertiary/aromatic N) is 1. The van der Waals surface area contributed by atoms with Gasteiger partial charge in [0.2, 0.25) is 5.91 Å². The van der Waals surface area contributed by atoms with Crippen LogP contribution in [0.1, 0.15) is 20.8 Å². The molecule has 0 aromatic carbocycles. The van der Waals surface area contributed by atoms with Gasteiger partial charge in [0.05, 0.1) is 0 Å². The smallest absolute Gasteiger partial charge is 0.240 e. The first-order valence-corrected chi connectivity index (χ1v) is 4.89. The third-order valence-corrected chi connectivity index (χ3v) is 2.83. The third kappa shape index (κ3) is 1.92. The average Bonchev–Trinajstić information content (AvgIpc) is 2.30. The summed E-state index contributed by atoms with van der Waals surface area (Å²) in [5.41, 5.74) is 0. The zero-order chi connectivity index (χ0) is 9.30. The number of carbonyl (C=O) groups excluding carboxylic acids is 1. The van der Waals surface area contributed by atoms with Crippen molar-refractivity contribution in [2.45, 2.75) is 26.1 Å². The van der Waals surface area contributed by atoms with E-state index in [0.29, 0.717) is 11.8 Å². The number of halogens is 1. The molecule has 0 aromatic heterocycles. The van der Waals surface area contributed by atoms with E-state index in [9.17, 15) is 4.79 Å². The summed E-state index contributed by atoms with van der Waals surface area (Å²) in [6.45, 7) is 7.83. The number of hydrogen-bond acceptors (Lipinski definition) is 1. The molecule has 3 unspecified atom stereocenters. The maximum Gasteiger partial charge on any atom is 0.240 e. The Hall–Kier alpha value is -0.240.